The number of anilines is 1. The van der Waals surface area contributed by atoms with Crippen LogP contribution in [0.25, 0.3) is 22.2 Å². The number of fused-ring (bicyclic) bond motifs is 1. The molecular formula is C32H25BrN2O4. The van der Waals surface area contributed by atoms with E-state index in [2.05, 4.69) is 21.2 Å². The lowest BCUT2D eigenvalue weighted by Gasteiger charge is -2.15. The lowest BCUT2D eigenvalue weighted by molar-refractivity contribution is -0.119. The van der Waals surface area contributed by atoms with E-state index in [4.69, 9.17) is 14.5 Å². The van der Waals surface area contributed by atoms with E-state index in [1.807, 2.05) is 97.9 Å². The van der Waals surface area contributed by atoms with Gasteiger partial charge in [-0.1, -0.05) is 64.5 Å². The van der Waals surface area contributed by atoms with Gasteiger partial charge < -0.3 is 14.8 Å². The van der Waals surface area contributed by atoms with E-state index >= 15 is 0 Å². The summed E-state index contributed by atoms with van der Waals surface area (Å²) in [5.41, 5.74) is 4.92. The van der Waals surface area contributed by atoms with Gasteiger partial charge in [0.25, 0.3) is 5.91 Å². The Balaban J connectivity index is 1.35. The van der Waals surface area contributed by atoms with E-state index in [0.717, 1.165) is 21.3 Å². The van der Waals surface area contributed by atoms with Crippen LogP contribution >= 0.6 is 15.9 Å². The molecule has 5 rings (SSSR count). The zero-order valence-corrected chi connectivity index (χ0v) is 22.8. The molecule has 1 aromatic heterocycles. The van der Waals surface area contributed by atoms with E-state index in [1.165, 1.54) is 0 Å². The maximum Gasteiger partial charge on any atom is 0.339 e. The van der Waals surface area contributed by atoms with Crippen molar-refractivity contribution in [3.8, 4) is 17.0 Å². The largest absolute Gasteiger partial charge is 0.489 e. The lowest BCUT2D eigenvalue weighted by Crippen LogP contribution is -2.21. The van der Waals surface area contributed by atoms with Gasteiger partial charge >= 0.3 is 5.97 Å². The van der Waals surface area contributed by atoms with Crippen molar-refractivity contribution < 1.29 is 19.1 Å². The highest BCUT2D eigenvalue weighted by Crippen LogP contribution is 2.31. The molecule has 6 nitrogen and oxygen atoms in total. The second-order valence-corrected chi connectivity index (χ2v) is 9.82. The molecule has 0 aliphatic heterocycles. The number of nitrogens with zero attached hydrogens (tertiary/aromatic N) is 1. The fourth-order valence-electron chi connectivity index (χ4n) is 4.23. The van der Waals surface area contributed by atoms with E-state index in [-0.39, 0.29) is 0 Å². The number of aromatic nitrogens is 1. The molecule has 0 fully saturated rings. The van der Waals surface area contributed by atoms with Gasteiger partial charge in [-0.15, -0.1) is 0 Å². The summed E-state index contributed by atoms with van der Waals surface area (Å²) in [6.07, 6.45) is 0. The standard InChI is InChI=1S/C32H25BrN2O4/c1-21-30(32(37)39-20-29(36)34-25-15-13-24(33)14-16-25)27-9-5-6-10-28(27)35-31(21)23-11-17-26(18-12-23)38-19-22-7-3-2-4-8-22/h2-18H,19-20H2,1H3,(H,34,36). The van der Waals surface area contributed by atoms with Gasteiger partial charge in [0.05, 0.1) is 16.8 Å². The van der Waals surface area contributed by atoms with Crippen molar-refractivity contribution in [3.05, 3.63) is 124 Å². The number of hydrogen-bond donors (Lipinski definition) is 1. The summed E-state index contributed by atoms with van der Waals surface area (Å²) in [5.74, 6) is -0.272. The van der Waals surface area contributed by atoms with Crippen molar-refractivity contribution in [1.82, 2.24) is 4.98 Å². The number of amides is 1. The Kier molecular flexibility index (Phi) is 7.99. The summed E-state index contributed by atoms with van der Waals surface area (Å²) in [7, 11) is 0. The minimum Gasteiger partial charge on any atom is -0.489 e. The number of carbonyl (C=O) groups is 2. The summed E-state index contributed by atoms with van der Waals surface area (Å²) in [4.78, 5) is 30.5. The highest BCUT2D eigenvalue weighted by atomic mass is 79.9. The first-order chi connectivity index (χ1) is 19.0. The number of benzene rings is 4. The minimum absolute atomic E-state index is 0.386. The number of para-hydroxylation sites is 1. The molecule has 39 heavy (non-hydrogen) atoms. The first-order valence-electron chi connectivity index (χ1n) is 12.4. The first kappa shape index (κ1) is 26.1. The van der Waals surface area contributed by atoms with Crippen molar-refractivity contribution in [2.45, 2.75) is 13.5 Å². The highest BCUT2D eigenvalue weighted by molar-refractivity contribution is 9.10. The number of carbonyl (C=O) groups excluding carboxylic acids is 2. The molecule has 1 N–H and O–H groups in total. The third-order valence-corrected chi connectivity index (χ3v) is 6.71. The smallest absolute Gasteiger partial charge is 0.339 e. The van der Waals surface area contributed by atoms with Gasteiger partial charge in [0.15, 0.2) is 6.61 Å². The number of esters is 1. The molecule has 1 amide bonds. The molecule has 5 aromatic rings. The summed E-state index contributed by atoms with van der Waals surface area (Å²) < 4.78 is 12.3. The molecule has 0 atom stereocenters. The topological polar surface area (TPSA) is 77.5 Å². The Morgan fingerprint density at radius 1 is 0.846 bits per heavy atom. The van der Waals surface area contributed by atoms with Gasteiger partial charge in [0, 0.05) is 21.1 Å². The molecule has 7 heteroatoms. The molecule has 0 aliphatic rings. The van der Waals surface area contributed by atoms with Crippen molar-refractivity contribution >= 4 is 44.4 Å². The highest BCUT2D eigenvalue weighted by Gasteiger charge is 2.21. The minimum atomic E-state index is -0.582. The summed E-state index contributed by atoms with van der Waals surface area (Å²) in [5, 5.41) is 3.40. The van der Waals surface area contributed by atoms with E-state index in [0.29, 0.717) is 40.0 Å². The second kappa shape index (κ2) is 11.9. The molecule has 4 aromatic carbocycles. The van der Waals surface area contributed by atoms with Crippen LogP contribution in [0.3, 0.4) is 0 Å². The van der Waals surface area contributed by atoms with Crippen LogP contribution in [0.4, 0.5) is 5.69 Å². The average Bonchev–Trinajstić information content (AvgIpc) is 2.96. The molecular weight excluding hydrogens is 556 g/mol. The summed E-state index contributed by atoms with van der Waals surface area (Å²) >= 11 is 3.36. The van der Waals surface area contributed by atoms with Crippen molar-refractivity contribution in [1.29, 1.82) is 0 Å². The Morgan fingerprint density at radius 2 is 1.54 bits per heavy atom. The molecule has 0 aliphatic carbocycles. The summed E-state index contributed by atoms with van der Waals surface area (Å²) in [6, 6.07) is 32.1. The first-order valence-corrected chi connectivity index (χ1v) is 13.2. The van der Waals surface area contributed by atoms with Gasteiger partial charge in [-0.2, -0.15) is 0 Å². The molecule has 0 saturated heterocycles. The molecule has 0 unspecified atom stereocenters. The molecule has 0 spiro atoms. The van der Waals surface area contributed by atoms with Crippen LogP contribution in [0.1, 0.15) is 21.5 Å². The third kappa shape index (κ3) is 6.33. The zero-order chi connectivity index (χ0) is 27.2. The van der Waals surface area contributed by atoms with Crippen molar-refractivity contribution in [2.75, 3.05) is 11.9 Å². The second-order valence-electron chi connectivity index (χ2n) is 8.91. The number of pyridine rings is 1. The number of halogens is 1. The molecule has 0 radical (unpaired) electrons. The Hall–Kier alpha value is -4.49. The third-order valence-electron chi connectivity index (χ3n) is 6.18. The Morgan fingerprint density at radius 3 is 2.28 bits per heavy atom. The van der Waals surface area contributed by atoms with Crippen LogP contribution in [0.5, 0.6) is 5.75 Å². The van der Waals surface area contributed by atoms with Crippen LogP contribution in [-0.4, -0.2) is 23.5 Å². The predicted octanol–water partition coefficient (Wildman–Crippen LogP) is 7.35. The monoisotopic (exact) mass is 580 g/mol. The fourth-order valence-corrected chi connectivity index (χ4v) is 4.50. The number of nitrogens with one attached hydrogen (secondary N) is 1. The molecule has 1 heterocycles. The normalized spacial score (nSPS) is 10.7. The Labute approximate surface area is 234 Å². The summed E-state index contributed by atoms with van der Waals surface area (Å²) in [6.45, 7) is 1.90. The van der Waals surface area contributed by atoms with Gasteiger partial charge in [-0.05, 0) is 72.6 Å². The molecule has 0 saturated carbocycles. The van der Waals surface area contributed by atoms with E-state index in [1.54, 1.807) is 12.1 Å². The van der Waals surface area contributed by atoms with Crippen LogP contribution in [-0.2, 0) is 16.1 Å². The fraction of sp³-hybridized carbons (Fsp3) is 0.0938. The van der Waals surface area contributed by atoms with E-state index < -0.39 is 18.5 Å². The van der Waals surface area contributed by atoms with Crippen LogP contribution in [0, 0.1) is 6.92 Å². The van der Waals surface area contributed by atoms with Gasteiger partial charge in [0.1, 0.15) is 12.4 Å². The van der Waals surface area contributed by atoms with Crippen molar-refractivity contribution in [3.63, 3.8) is 0 Å². The van der Waals surface area contributed by atoms with E-state index in [9.17, 15) is 9.59 Å². The van der Waals surface area contributed by atoms with Crippen LogP contribution in [0.15, 0.2) is 108 Å². The lowest BCUT2D eigenvalue weighted by atomic mass is 9.97. The van der Waals surface area contributed by atoms with Gasteiger partial charge in [-0.3, -0.25) is 4.79 Å². The zero-order valence-electron chi connectivity index (χ0n) is 21.2. The predicted molar refractivity (Wildman–Crippen MR) is 156 cm³/mol. The quantitative estimate of drug-likeness (QED) is 0.194. The molecule has 194 valence electrons. The number of ether oxygens (including phenoxy) is 2. The van der Waals surface area contributed by atoms with Crippen molar-refractivity contribution in [2.24, 2.45) is 0 Å². The van der Waals surface area contributed by atoms with Crippen LogP contribution in [0.2, 0.25) is 0 Å². The number of rotatable bonds is 8. The Bertz CT molecular complexity index is 1620. The average molecular weight is 581 g/mol. The van der Waals surface area contributed by atoms with Gasteiger partial charge in [-0.25, -0.2) is 9.78 Å². The number of hydrogen-bond acceptors (Lipinski definition) is 5. The maximum atomic E-state index is 13.3. The SMILES string of the molecule is Cc1c(-c2ccc(OCc3ccccc3)cc2)nc2ccccc2c1C(=O)OCC(=O)Nc1ccc(Br)cc1. The maximum absolute atomic E-state index is 13.3. The van der Waals surface area contributed by atoms with Gasteiger partial charge in [0.2, 0.25) is 0 Å². The molecule has 0 bridgehead atoms. The van der Waals surface area contributed by atoms with Crippen LogP contribution < -0.4 is 10.1 Å².